The van der Waals surface area contributed by atoms with Crippen molar-refractivity contribution in [2.75, 3.05) is 40.4 Å². The Morgan fingerprint density at radius 2 is 1.68 bits per heavy atom. The van der Waals surface area contributed by atoms with Crippen molar-refractivity contribution >= 4 is 16.9 Å². The summed E-state index contributed by atoms with van der Waals surface area (Å²) in [5, 5.41) is 0.413. The van der Waals surface area contributed by atoms with Crippen LogP contribution in [-0.2, 0) is 17.8 Å². The molecule has 2 heterocycles. The summed E-state index contributed by atoms with van der Waals surface area (Å²) >= 11 is 0. The van der Waals surface area contributed by atoms with Gasteiger partial charge < -0.3 is 14.5 Å². The Labute approximate surface area is 181 Å². The van der Waals surface area contributed by atoms with E-state index in [0.29, 0.717) is 16.7 Å². The van der Waals surface area contributed by atoms with Gasteiger partial charge in [0, 0.05) is 56.5 Å². The number of carbonyl (C=O) groups excluding carboxylic acids is 1. The first-order valence-electron chi connectivity index (χ1n) is 10.4. The summed E-state index contributed by atoms with van der Waals surface area (Å²) in [5.74, 6) is -0.00806. The molecule has 0 radical (unpaired) electrons. The lowest BCUT2D eigenvalue weighted by Gasteiger charge is -2.35. The van der Waals surface area contributed by atoms with Gasteiger partial charge in [0.15, 0.2) is 0 Å². The molecule has 0 spiro atoms. The molecule has 0 unspecified atom stereocenters. The zero-order valence-corrected chi connectivity index (χ0v) is 17.9. The van der Waals surface area contributed by atoms with Gasteiger partial charge in [-0.25, -0.2) is 4.79 Å². The lowest BCUT2D eigenvalue weighted by Crippen LogP contribution is -2.45. The number of carbonyl (C=O) groups is 1. The van der Waals surface area contributed by atoms with Crippen molar-refractivity contribution in [1.29, 1.82) is 0 Å². The number of hydrogen-bond acceptors (Lipinski definition) is 6. The third kappa shape index (κ3) is 4.62. The molecule has 31 heavy (non-hydrogen) atoms. The Kier molecular flexibility index (Phi) is 6.34. The molecule has 0 bridgehead atoms. The molecule has 0 saturated carbocycles. The van der Waals surface area contributed by atoms with Crippen LogP contribution in [0.25, 0.3) is 10.9 Å². The van der Waals surface area contributed by atoms with Gasteiger partial charge in [0.05, 0.1) is 19.6 Å². The normalized spacial score (nSPS) is 15.2. The van der Waals surface area contributed by atoms with Gasteiger partial charge >= 0.3 is 5.97 Å². The number of nitrogens with zero attached hydrogens (tertiary/aromatic N) is 2. The third-order valence-electron chi connectivity index (χ3n) is 5.80. The van der Waals surface area contributed by atoms with Gasteiger partial charge in [-0.2, -0.15) is 0 Å². The number of rotatable bonds is 6. The highest BCUT2D eigenvalue weighted by molar-refractivity contribution is 5.94. The summed E-state index contributed by atoms with van der Waals surface area (Å²) in [5.41, 5.74) is 2.64. The van der Waals surface area contributed by atoms with Gasteiger partial charge in [0.2, 0.25) is 5.43 Å². The SMILES string of the molecule is COC(=O)c1c[nH]c2cc(CN3CCN(Cc4ccccc4)CC3)c(OC)cc2c1=O. The van der Waals surface area contributed by atoms with E-state index in [2.05, 4.69) is 39.0 Å². The van der Waals surface area contributed by atoms with E-state index in [0.717, 1.165) is 44.8 Å². The summed E-state index contributed by atoms with van der Waals surface area (Å²) in [6.45, 7) is 5.64. The highest BCUT2D eigenvalue weighted by Crippen LogP contribution is 2.25. The maximum absolute atomic E-state index is 12.7. The Morgan fingerprint density at radius 1 is 1.00 bits per heavy atom. The molecule has 1 saturated heterocycles. The van der Waals surface area contributed by atoms with Crippen molar-refractivity contribution in [1.82, 2.24) is 14.8 Å². The molecule has 0 amide bonds. The molecule has 0 aliphatic carbocycles. The van der Waals surface area contributed by atoms with Gasteiger partial charge in [-0.15, -0.1) is 0 Å². The molecule has 1 fully saturated rings. The predicted molar refractivity (Wildman–Crippen MR) is 119 cm³/mol. The first kappa shape index (κ1) is 21.1. The van der Waals surface area contributed by atoms with Crippen molar-refractivity contribution < 1.29 is 14.3 Å². The highest BCUT2D eigenvalue weighted by atomic mass is 16.5. The molecule has 1 aliphatic rings. The van der Waals surface area contributed by atoms with Crippen LogP contribution < -0.4 is 10.2 Å². The number of esters is 1. The number of ether oxygens (including phenoxy) is 2. The van der Waals surface area contributed by atoms with Crippen molar-refractivity contribution in [3.63, 3.8) is 0 Å². The van der Waals surface area contributed by atoms with Crippen LogP contribution in [-0.4, -0.2) is 61.2 Å². The zero-order valence-electron chi connectivity index (χ0n) is 17.9. The Morgan fingerprint density at radius 3 is 2.32 bits per heavy atom. The summed E-state index contributed by atoms with van der Waals surface area (Å²) < 4.78 is 10.3. The minimum absolute atomic E-state index is 0.0145. The molecule has 4 rings (SSSR count). The van der Waals surface area contributed by atoms with E-state index in [4.69, 9.17) is 9.47 Å². The van der Waals surface area contributed by atoms with E-state index in [1.165, 1.54) is 18.9 Å². The number of methoxy groups -OCH3 is 2. The second-order valence-corrected chi connectivity index (χ2v) is 7.77. The van der Waals surface area contributed by atoms with Crippen LogP contribution in [0.2, 0.25) is 0 Å². The van der Waals surface area contributed by atoms with Crippen LogP contribution in [0.5, 0.6) is 5.75 Å². The minimum atomic E-state index is -0.653. The van der Waals surface area contributed by atoms with E-state index in [-0.39, 0.29) is 11.0 Å². The van der Waals surface area contributed by atoms with Crippen molar-refractivity contribution in [3.8, 4) is 5.75 Å². The smallest absolute Gasteiger partial charge is 0.343 e. The fourth-order valence-corrected chi connectivity index (χ4v) is 4.06. The van der Waals surface area contributed by atoms with Gasteiger partial charge in [-0.3, -0.25) is 14.6 Å². The van der Waals surface area contributed by atoms with Crippen LogP contribution in [0.4, 0.5) is 0 Å². The molecule has 1 N–H and O–H groups in total. The summed E-state index contributed by atoms with van der Waals surface area (Å²) in [4.78, 5) is 32.4. The summed E-state index contributed by atoms with van der Waals surface area (Å²) in [7, 11) is 2.86. The largest absolute Gasteiger partial charge is 0.496 e. The second-order valence-electron chi connectivity index (χ2n) is 7.77. The zero-order chi connectivity index (χ0) is 21.8. The summed E-state index contributed by atoms with van der Waals surface area (Å²) in [6.07, 6.45) is 1.41. The van der Waals surface area contributed by atoms with Crippen molar-refractivity contribution in [2.45, 2.75) is 13.1 Å². The van der Waals surface area contributed by atoms with E-state index in [1.807, 2.05) is 12.1 Å². The van der Waals surface area contributed by atoms with Gasteiger partial charge in [-0.1, -0.05) is 30.3 Å². The van der Waals surface area contributed by atoms with Gasteiger partial charge in [0.1, 0.15) is 11.3 Å². The number of pyridine rings is 1. The van der Waals surface area contributed by atoms with Crippen LogP contribution in [0, 0.1) is 0 Å². The number of nitrogens with one attached hydrogen (secondary N) is 1. The molecule has 162 valence electrons. The monoisotopic (exact) mass is 421 g/mol. The molecule has 1 aromatic heterocycles. The highest BCUT2D eigenvalue weighted by Gasteiger charge is 2.20. The number of benzene rings is 2. The first-order chi connectivity index (χ1) is 15.1. The van der Waals surface area contributed by atoms with Crippen LogP contribution in [0.15, 0.2) is 53.5 Å². The Hall–Kier alpha value is -3.16. The average Bonchev–Trinajstić information content (AvgIpc) is 2.80. The van der Waals surface area contributed by atoms with Crippen LogP contribution in [0.3, 0.4) is 0 Å². The quantitative estimate of drug-likeness (QED) is 0.617. The Balaban J connectivity index is 1.48. The second kappa shape index (κ2) is 9.32. The molecular formula is C24H27N3O4. The van der Waals surface area contributed by atoms with Gasteiger partial charge in [0.25, 0.3) is 0 Å². The summed E-state index contributed by atoms with van der Waals surface area (Å²) in [6, 6.07) is 14.2. The van der Waals surface area contributed by atoms with E-state index >= 15 is 0 Å². The molecule has 2 aromatic carbocycles. The van der Waals surface area contributed by atoms with Crippen molar-refractivity contribution in [2.24, 2.45) is 0 Å². The minimum Gasteiger partial charge on any atom is -0.496 e. The Bertz CT molecular complexity index is 1120. The molecular weight excluding hydrogens is 394 g/mol. The maximum Gasteiger partial charge on any atom is 0.343 e. The number of H-pyrrole nitrogens is 1. The average molecular weight is 421 g/mol. The number of piperazine rings is 1. The number of hydrogen-bond donors (Lipinski definition) is 1. The van der Waals surface area contributed by atoms with Crippen molar-refractivity contribution in [3.05, 3.63) is 75.6 Å². The molecule has 3 aromatic rings. The fourth-order valence-electron chi connectivity index (χ4n) is 4.06. The first-order valence-corrected chi connectivity index (χ1v) is 10.4. The topological polar surface area (TPSA) is 74.9 Å². The van der Waals surface area contributed by atoms with Gasteiger partial charge in [-0.05, 0) is 17.7 Å². The lowest BCUT2D eigenvalue weighted by atomic mass is 10.1. The van der Waals surface area contributed by atoms with E-state index in [1.54, 1.807) is 13.2 Å². The lowest BCUT2D eigenvalue weighted by molar-refractivity contribution is 0.0599. The predicted octanol–water partition coefficient (Wildman–Crippen LogP) is 2.64. The number of aromatic nitrogens is 1. The molecule has 7 heteroatoms. The number of aromatic amines is 1. The number of fused-ring (bicyclic) bond motifs is 1. The van der Waals surface area contributed by atoms with E-state index in [9.17, 15) is 9.59 Å². The molecule has 1 aliphatic heterocycles. The third-order valence-corrected chi connectivity index (χ3v) is 5.80. The molecule has 7 nitrogen and oxygen atoms in total. The fraction of sp³-hybridized carbons (Fsp3) is 0.333. The van der Waals surface area contributed by atoms with E-state index < -0.39 is 5.97 Å². The molecule has 0 atom stereocenters. The van der Waals surface area contributed by atoms with Crippen LogP contribution in [0.1, 0.15) is 21.5 Å². The van der Waals surface area contributed by atoms with Crippen LogP contribution >= 0.6 is 0 Å². The maximum atomic E-state index is 12.7. The standard InChI is InChI=1S/C24H27N3O4/c1-30-22-13-19-21(25-14-20(23(19)28)24(29)31-2)12-18(22)16-27-10-8-26(9-11-27)15-17-6-4-3-5-7-17/h3-7,12-14H,8-11,15-16H2,1-2H3,(H,25,28).